The average Bonchev–Trinajstić information content (AvgIpc) is 2.51. The van der Waals surface area contributed by atoms with E-state index in [1.165, 1.54) is 0 Å². The standard InChI is InChI=1S/C16H22N2O4/c1-4-14(20-5-2)16(11-17,22-15(19)21-6-3)12-9-7-8-10-13(12)18/h7-10,14H,4-6,18H2,1-3H3. The number of nitrogens with zero attached hydrogens (tertiary/aromatic N) is 1. The SMILES string of the molecule is CCOC(=O)OC(C#N)(c1ccccc1N)C(CC)OCC. The Morgan fingerprint density at radius 1 is 1.32 bits per heavy atom. The highest BCUT2D eigenvalue weighted by atomic mass is 16.7. The van der Waals surface area contributed by atoms with Crippen LogP contribution in [0, 0.1) is 11.3 Å². The lowest BCUT2D eigenvalue weighted by Gasteiger charge is -2.34. The van der Waals surface area contributed by atoms with Crippen molar-refractivity contribution in [2.45, 2.75) is 38.9 Å². The third kappa shape index (κ3) is 3.68. The molecule has 0 saturated carbocycles. The van der Waals surface area contributed by atoms with Crippen LogP contribution in [0.1, 0.15) is 32.8 Å². The molecule has 0 bridgehead atoms. The number of para-hydroxylation sites is 1. The van der Waals surface area contributed by atoms with Crippen molar-refractivity contribution in [3.8, 4) is 6.07 Å². The fraction of sp³-hybridized carbons (Fsp3) is 0.500. The van der Waals surface area contributed by atoms with E-state index in [1.54, 1.807) is 31.2 Å². The van der Waals surface area contributed by atoms with Crippen LogP contribution in [0.25, 0.3) is 0 Å². The van der Waals surface area contributed by atoms with Crippen molar-refractivity contribution in [2.24, 2.45) is 0 Å². The fourth-order valence-corrected chi connectivity index (χ4v) is 2.29. The Labute approximate surface area is 130 Å². The summed E-state index contributed by atoms with van der Waals surface area (Å²) < 4.78 is 15.8. The number of hydrogen-bond donors (Lipinski definition) is 1. The van der Waals surface area contributed by atoms with Gasteiger partial charge in [0.15, 0.2) is 0 Å². The summed E-state index contributed by atoms with van der Waals surface area (Å²) in [7, 11) is 0. The molecule has 0 aliphatic heterocycles. The molecule has 2 unspecified atom stereocenters. The van der Waals surface area contributed by atoms with Crippen molar-refractivity contribution in [3.05, 3.63) is 29.8 Å². The number of hydrogen-bond acceptors (Lipinski definition) is 6. The number of nitriles is 1. The Balaban J connectivity index is 3.38. The zero-order valence-electron chi connectivity index (χ0n) is 13.2. The smallest absolute Gasteiger partial charge is 0.435 e. The van der Waals surface area contributed by atoms with Gasteiger partial charge in [0.1, 0.15) is 12.2 Å². The van der Waals surface area contributed by atoms with E-state index in [1.807, 2.05) is 13.8 Å². The van der Waals surface area contributed by atoms with Gasteiger partial charge in [0.25, 0.3) is 5.60 Å². The third-order valence-corrected chi connectivity index (χ3v) is 3.23. The van der Waals surface area contributed by atoms with E-state index in [9.17, 15) is 10.1 Å². The lowest BCUT2D eigenvalue weighted by Crippen LogP contribution is -2.44. The number of carbonyl (C=O) groups is 1. The largest absolute Gasteiger partial charge is 0.510 e. The van der Waals surface area contributed by atoms with Gasteiger partial charge < -0.3 is 19.9 Å². The Morgan fingerprint density at radius 3 is 2.50 bits per heavy atom. The van der Waals surface area contributed by atoms with E-state index >= 15 is 0 Å². The summed E-state index contributed by atoms with van der Waals surface area (Å²) in [5, 5.41) is 9.78. The van der Waals surface area contributed by atoms with Crippen LogP contribution in [-0.2, 0) is 19.8 Å². The molecule has 6 heteroatoms. The van der Waals surface area contributed by atoms with Gasteiger partial charge in [-0.3, -0.25) is 0 Å². The van der Waals surface area contributed by atoms with Gasteiger partial charge in [0.2, 0.25) is 0 Å². The summed E-state index contributed by atoms with van der Waals surface area (Å²) in [5.74, 6) is 0. The van der Waals surface area contributed by atoms with Crippen LogP contribution in [0.3, 0.4) is 0 Å². The summed E-state index contributed by atoms with van der Waals surface area (Å²) in [6, 6.07) is 8.84. The van der Waals surface area contributed by atoms with Crippen LogP contribution in [0.4, 0.5) is 10.5 Å². The molecule has 0 amide bonds. The Kier molecular flexibility index (Phi) is 6.67. The summed E-state index contributed by atoms with van der Waals surface area (Å²) >= 11 is 0. The molecule has 0 heterocycles. The molecule has 0 saturated heterocycles. The number of carbonyl (C=O) groups excluding carboxylic acids is 1. The number of rotatable bonds is 7. The highest BCUT2D eigenvalue weighted by Crippen LogP contribution is 2.36. The summed E-state index contributed by atoms with van der Waals surface area (Å²) in [5.41, 5.74) is 5.08. The maximum Gasteiger partial charge on any atom is 0.510 e. The second-order valence-electron chi connectivity index (χ2n) is 4.57. The molecule has 0 fully saturated rings. The summed E-state index contributed by atoms with van der Waals surface area (Å²) in [6.45, 7) is 5.84. The molecule has 120 valence electrons. The van der Waals surface area contributed by atoms with E-state index in [4.69, 9.17) is 19.9 Å². The first-order chi connectivity index (χ1) is 10.6. The highest BCUT2D eigenvalue weighted by molar-refractivity contribution is 5.63. The molecule has 22 heavy (non-hydrogen) atoms. The number of nitrogen functional groups attached to an aromatic ring is 1. The van der Waals surface area contributed by atoms with Gasteiger partial charge in [-0.15, -0.1) is 0 Å². The van der Waals surface area contributed by atoms with Crippen molar-refractivity contribution in [1.29, 1.82) is 5.26 Å². The van der Waals surface area contributed by atoms with Crippen molar-refractivity contribution in [3.63, 3.8) is 0 Å². The van der Waals surface area contributed by atoms with E-state index in [0.717, 1.165) is 0 Å². The number of ether oxygens (including phenoxy) is 3. The fourth-order valence-electron chi connectivity index (χ4n) is 2.29. The van der Waals surface area contributed by atoms with Gasteiger partial charge >= 0.3 is 6.16 Å². The lowest BCUT2D eigenvalue weighted by atomic mass is 9.86. The van der Waals surface area contributed by atoms with Crippen LogP contribution in [-0.4, -0.2) is 25.5 Å². The first-order valence-electron chi connectivity index (χ1n) is 7.29. The molecule has 1 aromatic carbocycles. The first-order valence-corrected chi connectivity index (χ1v) is 7.29. The summed E-state index contributed by atoms with van der Waals surface area (Å²) in [6.07, 6.45) is -1.11. The highest BCUT2D eigenvalue weighted by Gasteiger charge is 2.46. The third-order valence-electron chi connectivity index (χ3n) is 3.23. The maximum atomic E-state index is 11.8. The minimum atomic E-state index is -1.65. The molecule has 2 atom stereocenters. The zero-order chi connectivity index (χ0) is 16.6. The average molecular weight is 306 g/mol. The molecule has 0 aliphatic carbocycles. The first kappa shape index (κ1) is 17.8. The molecule has 0 aromatic heterocycles. The monoisotopic (exact) mass is 306 g/mol. The molecular weight excluding hydrogens is 284 g/mol. The topological polar surface area (TPSA) is 94.6 Å². The predicted molar refractivity (Wildman–Crippen MR) is 82.0 cm³/mol. The molecule has 0 radical (unpaired) electrons. The van der Waals surface area contributed by atoms with Crippen LogP contribution < -0.4 is 5.73 Å². The van der Waals surface area contributed by atoms with Crippen LogP contribution in [0.15, 0.2) is 24.3 Å². The van der Waals surface area contributed by atoms with Gasteiger partial charge in [0.05, 0.1) is 6.61 Å². The maximum absolute atomic E-state index is 11.8. The predicted octanol–water partition coefficient (Wildman–Crippen LogP) is 2.98. The van der Waals surface area contributed by atoms with Crippen LogP contribution in [0.2, 0.25) is 0 Å². The minimum absolute atomic E-state index is 0.149. The lowest BCUT2D eigenvalue weighted by molar-refractivity contribution is -0.101. The van der Waals surface area contributed by atoms with E-state index in [-0.39, 0.29) is 6.61 Å². The second-order valence-corrected chi connectivity index (χ2v) is 4.57. The quantitative estimate of drug-likeness (QED) is 0.614. The van der Waals surface area contributed by atoms with Crippen molar-refractivity contribution >= 4 is 11.8 Å². The van der Waals surface area contributed by atoms with Gasteiger partial charge in [-0.1, -0.05) is 25.1 Å². The number of nitrogens with two attached hydrogens (primary N) is 1. The molecule has 6 nitrogen and oxygen atoms in total. The van der Waals surface area contributed by atoms with Crippen molar-refractivity contribution < 1.29 is 19.0 Å². The van der Waals surface area contributed by atoms with Crippen molar-refractivity contribution in [2.75, 3.05) is 18.9 Å². The van der Waals surface area contributed by atoms with Crippen LogP contribution in [0.5, 0.6) is 0 Å². The van der Waals surface area contributed by atoms with Gasteiger partial charge in [-0.25, -0.2) is 4.79 Å². The normalized spacial score (nSPS) is 14.5. The van der Waals surface area contributed by atoms with E-state index < -0.39 is 17.9 Å². The van der Waals surface area contributed by atoms with Gasteiger partial charge in [-0.2, -0.15) is 5.26 Å². The van der Waals surface area contributed by atoms with Gasteiger partial charge in [0, 0.05) is 17.9 Å². The Bertz CT molecular complexity index is 541. The van der Waals surface area contributed by atoms with Crippen molar-refractivity contribution in [1.82, 2.24) is 0 Å². The molecule has 1 rings (SSSR count). The molecule has 1 aromatic rings. The van der Waals surface area contributed by atoms with Crippen LogP contribution >= 0.6 is 0 Å². The minimum Gasteiger partial charge on any atom is -0.435 e. The summed E-state index contributed by atoms with van der Waals surface area (Å²) in [4.78, 5) is 11.8. The second kappa shape index (κ2) is 8.25. The number of benzene rings is 1. The Morgan fingerprint density at radius 2 is 2.00 bits per heavy atom. The Hall–Kier alpha value is -2.26. The van der Waals surface area contributed by atoms with E-state index in [0.29, 0.717) is 24.3 Å². The van der Waals surface area contributed by atoms with Gasteiger partial charge in [-0.05, 0) is 26.3 Å². The molecule has 0 aliphatic rings. The number of anilines is 1. The molecular formula is C16H22N2O4. The van der Waals surface area contributed by atoms with E-state index in [2.05, 4.69) is 6.07 Å². The molecule has 0 spiro atoms. The molecule has 2 N–H and O–H groups in total. The zero-order valence-corrected chi connectivity index (χ0v) is 13.2.